The summed E-state index contributed by atoms with van der Waals surface area (Å²) in [5, 5.41) is 28.7. The second kappa shape index (κ2) is 12.7. The van der Waals surface area contributed by atoms with Crippen molar-refractivity contribution in [1.29, 1.82) is 5.26 Å². The minimum absolute atomic E-state index is 0.111. The molecule has 14 nitrogen and oxygen atoms in total. The summed E-state index contributed by atoms with van der Waals surface area (Å²) in [6, 6.07) is 3.92. The summed E-state index contributed by atoms with van der Waals surface area (Å²) in [4.78, 5) is 42.5. The molecule has 1 saturated heterocycles. The number of nitrogens with zero attached hydrogens (tertiary/aromatic N) is 4. The fourth-order valence-corrected chi connectivity index (χ4v) is 5.50. The van der Waals surface area contributed by atoms with Crippen LogP contribution in [0.3, 0.4) is 0 Å². The van der Waals surface area contributed by atoms with Gasteiger partial charge in [-0.25, -0.2) is 19.1 Å². The number of nitrogens with one attached hydrogen (secondary N) is 1. The topological polar surface area (TPSA) is 200 Å². The number of anilines is 1. The second-order valence-electron chi connectivity index (χ2n) is 12.4. The minimum atomic E-state index is -2.09. The molecule has 0 unspecified atom stereocenters. The molecule has 2 aromatic rings. The van der Waals surface area contributed by atoms with Crippen molar-refractivity contribution in [2.45, 2.75) is 102 Å². The van der Waals surface area contributed by atoms with Gasteiger partial charge in [0.1, 0.15) is 48.4 Å². The van der Waals surface area contributed by atoms with E-state index in [2.05, 4.69) is 15.4 Å². The van der Waals surface area contributed by atoms with Crippen LogP contribution in [0, 0.1) is 23.2 Å². The van der Waals surface area contributed by atoms with Crippen molar-refractivity contribution in [3.05, 3.63) is 24.2 Å². The number of nitriles is 1. The summed E-state index contributed by atoms with van der Waals surface area (Å²) in [6.45, 7) is 8.06. The molecule has 1 saturated carbocycles. The molecule has 4 N–H and O–H groups in total. The van der Waals surface area contributed by atoms with Gasteiger partial charge < -0.3 is 35.1 Å². The van der Waals surface area contributed by atoms with Crippen molar-refractivity contribution in [2.24, 2.45) is 11.8 Å². The standard InChI is InChI=1S/C29H40N6O8/c1-16(2)22(34-27(39)43-28(3,4)5)26(38)41-23-19(13-40-21(36)12-17-8-6-7-9-17)42-29(14-30,24(23)37)20-11-10-18-25(31)32-15-33-35(18)20/h10-11,15-17,19,22-24,37H,6-9,12-13H2,1-5H3,(H,34,39)(H2,31,32,33)/t19-,22-,23-,24-,29+/m1/s1. The van der Waals surface area contributed by atoms with E-state index in [9.17, 15) is 24.8 Å². The predicted molar refractivity (Wildman–Crippen MR) is 151 cm³/mol. The van der Waals surface area contributed by atoms with Crippen molar-refractivity contribution in [1.82, 2.24) is 19.9 Å². The Morgan fingerprint density at radius 2 is 1.98 bits per heavy atom. The van der Waals surface area contributed by atoms with Crippen LogP contribution in [0.5, 0.6) is 0 Å². The van der Waals surface area contributed by atoms with Crippen LogP contribution in [0.1, 0.15) is 72.4 Å². The van der Waals surface area contributed by atoms with E-state index in [4.69, 9.17) is 24.7 Å². The normalized spacial score (nSPS) is 24.9. The molecular weight excluding hydrogens is 560 g/mol. The van der Waals surface area contributed by atoms with Gasteiger partial charge in [0.15, 0.2) is 11.9 Å². The molecule has 2 aromatic heterocycles. The number of carbonyl (C=O) groups is 3. The number of amides is 1. The molecule has 1 amide bonds. The van der Waals surface area contributed by atoms with Crippen LogP contribution in [0.2, 0.25) is 0 Å². The van der Waals surface area contributed by atoms with E-state index in [1.54, 1.807) is 40.7 Å². The lowest BCUT2D eigenvalue weighted by Crippen LogP contribution is -2.50. The maximum Gasteiger partial charge on any atom is 0.408 e. The highest BCUT2D eigenvalue weighted by molar-refractivity contribution is 5.82. The Morgan fingerprint density at radius 3 is 2.60 bits per heavy atom. The van der Waals surface area contributed by atoms with Gasteiger partial charge in [0, 0.05) is 6.42 Å². The van der Waals surface area contributed by atoms with Crippen LogP contribution in [0.4, 0.5) is 10.6 Å². The molecule has 0 spiro atoms. The number of carbonyl (C=O) groups excluding carboxylic acids is 3. The first-order valence-corrected chi connectivity index (χ1v) is 14.5. The van der Waals surface area contributed by atoms with Crippen molar-refractivity contribution in [3.63, 3.8) is 0 Å². The summed E-state index contributed by atoms with van der Waals surface area (Å²) in [5.41, 5.74) is 3.54. The smallest absolute Gasteiger partial charge is 0.408 e. The SMILES string of the molecule is CC(C)[C@@H](NC(=O)OC(C)(C)C)C(=O)O[C@H]1[C@@H](O)[C@](C#N)(c2ccc3c(N)ncnn23)O[C@@H]1COC(=O)CC1CCCC1. The first-order valence-electron chi connectivity index (χ1n) is 14.5. The Morgan fingerprint density at radius 1 is 1.28 bits per heavy atom. The Hall–Kier alpha value is -3.96. The van der Waals surface area contributed by atoms with E-state index in [0.29, 0.717) is 5.52 Å². The minimum Gasteiger partial charge on any atom is -0.463 e. The number of ether oxygens (including phenoxy) is 4. The highest BCUT2D eigenvalue weighted by atomic mass is 16.6. The van der Waals surface area contributed by atoms with Crippen molar-refractivity contribution >= 4 is 29.4 Å². The van der Waals surface area contributed by atoms with E-state index in [1.165, 1.54) is 16.9 Å². The Labute approximate surface area is 249 Å². The summed E-state index contributed by atoms with van der Waals surface area (Å²) in [7, 11) is 0. The van der Waals surface area contributed by atoms with E-state index in [0.717, 1.165) is 25.7 Å². The molecule has 1 aliphatic carbocycles. The number of aromatic nitrogens is 3. The molecule has 2 fully saturated rings. The number of rotatable bonds is 9. The molecule has 0 aromatic carbocycles. The summed E-state index contributed by atoms with van der Waals surface area (Å²) in [6.07, 6.45) is 0.168. The van der Waals surface area contributed by atoms with Crippen LogP contribution in [0.25, 0.3) is 5.52 Å². The van der Waals surface area contributed by atoms with Crippen LogP contribution in [-0.2, 0) is 34.1 Å². The summed E-state index contributed by atoms with van der Waals surface area (Å²) < 4.78 is 24.0. The van der Waals surface area contributed by atoms with Gasteiger partial charge in [0.2, 0.25) is 5.60 Å². The maximum atomic E-state index is 13.5. The molecule has 5 atom stereocenters. The van der Waals surface area contributed by atoms with Crippen LogP contribution >= 0.6 is 0 Å². The second-order valence-corrected chi connectivity index (χ2v) is 12.4. The molecule has 43 heavy (non-hydrogen) atoms. The molecular formula is C29H40N6O8. The first kappa shape index (κ1) is 32.0. The zero-order chi connectivity index (χ0) is 31.5. The number of hydrogen-bond donors (Lipinski definition) is 3. The molecule has 0 bridgehead atoms. The van der Waals surface area contributed by atoms with Gasteiger partial charge in [0.25, 0.3) is 0 Å². The fraction of sp³-hybridized carbons (Fsp3) is 0.655. The predicted octanol–water partition coefficient (Wildman–Crippen LogP) is 2.37. The number of aliphatic hydroxyl groups is 1. The van der Waals surface area contributed by atoms with E-state index < -0.39 is 66.1 Å². The lowest BCUT2D eigenvalue weighted by atomic mass is 9.92. The highest BCUT2D eigenvalue weighted by Gasteiger charge is 2.60. The van der Waals surface area contributed by atoms with Crippen LogP contribution < -0.4 is 11.1 Å². The average molecular weight is 601 g/mol. The number of nitrogens with two attached hydrogens (primary N) is 1. The molecule has 3 heterocycles. The van der Waals surface area contributed by atoms with Crippen molar-refractivity contribution < 1.29 is 38.4 Å². The van der Waals surface area contributed by atoms with Gasteiger partial charge in [0.05, 0.1) is 5.69 Å². The zero-order valence-corrected chi connectivity index (χ0v) is 25.1. The van der Waals surface area contributed by atoms with Gasteiger partial charge in [-0.15, -0.1) is 0 Å². The Kier molecular flexibility index (Phi) is 9.46. The molecule has 234 valence electrons. The number of fused-ring (bicyclic) bond motifs is 1. The summed E-state index contributed by atoms with van der Waals surface area (Å²) in [5.74, 6) is -1.41. The average Bonchev–Trinajstić information content (AvgIpc) is 3.65. The Bertz CT molecular complexity index is 1380. The van der Waals surface area contributed by atoms with Crippen LogP contribution in [-0.4, -0.2) is 74.3 Å². The van der Waals surface area contributed by atoms with Gasteiger partial charge >= 0.3 is 18.0 Å². The largest absolute Gasteiger partial charge is 0.463 e. The van der Waals surface area contributed by atoms with Gasteiger partial charge in [-0.05, 0) is 57.6 Å². The number of hydrogen-bond acceptors (Lipinski definition) is 12. The lowest BCUT2D eigenvalue weighted by molar-refractivity contribution is -0.163. The first-order chi connectivity index (χ1) is 20.3. The number of alkyl carbamates (subject to hydrolysis) is 1. The van der Waals surface area contributed by atoms with E-state index in [1.807, 2.05) is 6.07 Å². The number of esters is 2. The Balaban J connectivity index is 1.61. The fourth-order valence-electron chi connectivity index (χ4n) is 5.50. The van der Waals surface area contributed by atoms with Crippen molar-refractivity contribution in [3.8, 4) is 6.07 Å². The third-order valence-corrected chi connectivity index (χ3v) is 7.64. The molecule has 4 rings (SSSR count). The van der Waals surface area contributed by atoms with Crippen molar-refractivity contribution in [2.75, 3.05) is 12.3 Å². The molecule has 0 radical (unpaired) electrons. The molecule has 2 aliphatic rings. The monoisotopic (exact) mass is 600 g/mol. The highest BCUT2D eigenvalue weighted by Crippen LogP contribution is 2.42. The third-order valence-electron chi connectivity index (χ3n) is 7.64. The van der Waals surface area contributed by atoms with Gasteiger partial charge in [-0.2, -0.15) is 10.4 Å². The maximum absolute atomic E-state index is 13.5. The quantitative estimate of drug-likeness (QED) is 0.281. The lowest BCUT2D eigenvalue weighted by Gasteiger charge is -2.28. The zero-order valence-electron chi connectivity index (χ0n) is 25.1. The van der Waals surface area contributed by atoms with Crippen LogP contribution in [0.15, 0.2) is 18.5 Å². The number of aliphatic hydroxyl groups excluding tert-OH is 1. The summed E-state index contributed by atoms with van der Waals surface area (Å²) >= 11 is 0. The van der Waals surface area contributed by atoms with E-state index in [-0.39, 0.29) is 23.9 Å². The van der Waals surface area contributed by atoms with Gasteiger partial charge in [-0.1, -0.05) is 26.7 Å². The number of nitrogen functional groups attached to an aromatic ring is 1. The van der Waals surface area contributed by atoms with Gasteiger partial charge in [-0.3, -0.25) is 4.79 Å². The molecule has 1 aliphatic heterocycles. The third kappa shape index (κ3) is 7.00. The molecule has 14 heteroatoms. The van der Waals surface area contributed by atoms with E-state index >= 15 is 0 Å².